The Kier molecular flexibility index (Phi) is 2.76. The van der Waals surface area contributed by atoms with E-state index in [-0.39, 0.29) is 11.4 Å². The van der Waals surface area contributed by atoms with E-state index >= 15 is 0 Å². The van der Waals surface area contributed by atoms with Gasteiger partial charge < -0.3 is 9.67 Å². The van der Waals surface area contributed by atoms with E-state index in [2.05, 4.69) is 14.5 Å². The number of hydrogen-bond acceptors (Lipinski definition) is 3. The van der Waals surface area contributed by atoms with Crippen molar-refractivity contribution in [3.63, 3.8) is 0 Å². The number of hydrogen-bond donors (Lipinski definition) is 1. The Hall–Kier alpha value is -1.13. The summed E-state index contributed by atoms with van der Waals surface area (Å²) in [5.74, 6) is 0. The lowest BCUT2D eigenvalue weighted by atomic mass is 9.93. The fourth-order valence-electron chi connectivity index (χ4n) is 2.55. The fraction of sp³-hybridized carbons (Fsp3) is 0.500. The van der Waals surface area contributed by atoms with Gasteiger partial charge in [-0.1, -0.05) is 0 Å². The maximum absolute atomic E-state index is 9.53. The maximum atomic E-state index is 9.53. The summed E-state index contributed by atoms with van der Waals surface area (Å²) in [6, 6.07) is 2.43. The summed E-state index contributed by atoms with van der Waals surface area (Å²) in [7, 11) is 0. The minimum Gasteiger partial charge on any atom is -0.393 e. The molecule has 90 valence electrons. The first-order valence-electron chi connectivity index (χ1n) is 5.91. The van der Waals surface area contributed by atoms with Gasteiger partial charge in [-0.25, -0.2) is 4.98 Å². The predicted molar refractivity (Wildman–Crippen MR) is 66.0 cm³/mol. The highest BCUT2D eigenvalue weighted by Gasteiger charge is 2.21. The third-order valence-electron chi connectivity index (χ3n) is 3.49. The van der Waals surface area contributed by atoms with Crippen LogP contribution in [0.2, 0.25) is 5.28 Å². The van der Waals surface area contributed by atoms with Gasteiger partial charge in [0.15, 0.2) is 0 Å². The Morgan fingerprint density at radius 2 is 2.06 bits per heavy atom. The average molecular weight is 252 g/mol. The molecule has 0 spiro atoms. The highest BCUT2D eigenvalue weighted by atomic mass is 35.5. The Morgan fingerprint density at radius 1 is 1.29 bits per heavy atom. The van der Waals surface area contributed by atoms with E-state index in [0.29, 0.717) is 6.04 Å². The molecule has 2 heterocycles. The summed E-state index contributed by atoms with van der Waals surface area (Å²) in [6.45, 7) is 0. The molecule has 0 atom stereocenters. The van der Waals surface area contributed by atoms with Crippen LogP contribution in [0.1, 0.15) is 31.7 Å². The zero-order valence-electron chi connectivity index (χ0n) is 9.38. The molecule has 1 aliphatic rings. The zero-order chi connectivity index (χ0) is 11.8. The molecular weight excluding hydrogens is 238 g/mol. The molecule has 2 aromatic heterocycles. The van der Waals surface area contributed by atoms with Gasteiger partial charge in [0.25, 0.3) is 0 Å². The number of aliphatic hydroxyl groups excluding tert-OH is 1. The van der Waals surface area contributed by atoms with Gasteiger partial charge in [0.1, 0.15) is 5.65 Å². The Morgan fingerprint density at radius 3 is 2.82 bits per heavy atom. The minimum absolute atomic E-state index is 0.133. The summed E-state index contributed by atoms with van der Waals surface area (Å²) in [5, 5.41) is 10.8. The number of halogens is 1. The summed E-state index contributed by atoms with van der Waals surface area (Å²) in [6.07, 6.45) is 7.37. The van der Waals surface area contributed by atoms with Crippen LogP contribution in [0.5, 0.6) is 0 Å². The smallest absolute Gasteiger partial charge is 0.224 e. The van der Waals surface area contributed by atoms with Crippen molar-refractivity contribution in [2.75, 3.05) is 0 Å². The molecule has 0 aliphatic heterocycles. The van der Waals surface area contributed by atoms with Crippen LogP contribution >= 0.6 is 11.6 Å². The molecule has 1 fully saturated rings. The van der Waals surface area contributed by atoms with E-state index in [9.17, 15) is 5.11 Å². The van der Waals surface area contributed by atoms with E-state index in [0.717, 1.165) is 36.7 Å². The first-order valence-corrected chi connectivity index (χ1v) is 6.29. The standard InChI is InChI=1S/C12H14ClN3O/c13-12-14-7-8-5-6-16(11(8)15-12)9-1-3-10(17)4-2-9/h5-7,9-10,17H,1-4H2/t9-,10-. The number of aliphatic hydroxyl groups is 1. The SMILES string of the molecule is O[C@H]1CC[C@H](n2ccc3cnc(Cl)nc32)CC1. The fourth-order valence-corrected chi connectivity index (χ4v) is 2.68. The molecule has 17 heavy (non-hydrogen) atoms. The molecule has 3 rings (SSSR count). The lowest BCUT2D eigenvalue weighted by Crippen LogP contribution is -2.20. The molecule has 0 radical (unpaired) electrons. The Bertz CT molecular complexity index is 532. The predicted octanol–water partition coefficient (Wildman–Crippen LogP) is 2.56. The molecular formula is C12H14ClN3O. The topological polar surface area (TPSA) is 50.9 Å². The molecule has 5 heteroatoms. The van der Waals surface area contributed by atoms with Crippen molar-refractivity contribution in [3.05, 3.63) is 23.7 Å². The van der Waals surface area contributed by atoms with Crippen LogP contribution < -0.4 is 0 Å². The lowest BCUT2D eigenvalue weighted by Gasteiger charge is -2.26. The second-order valence-electron chi connectivity index (χ2n) is 4.60. The summed E-state index contributed by atoms with van der Waals surface area (Å²) < 4.78 is 2.16. The van der Waals surface area contributed by atoms with Gasteiger partial charge in [0.05, 0.1) is 6.10 Å². The van der Waals surface area contributed by atoms with Crippen LogP contribution in [0.3, 0.4) is 0 Å². The first kappa shape index (κ1) is 11.0. The largest absolute Gasteiger partial charge is 0.393 e. The third-order valence-corrected chi connectivity index (χ3v) is 3.67. The Labute approximate surface area is 104 Å². The van der Waals surface area contributed by atoms with Gasteiger partial charge in [0, 0.05) is 23.8 Å². The van der Waals surface area contributed by atoms with Gasteiger partial charge in [-0.05, 0) is 43.4 Å². The molecule has 4 nitrogen and oxygen atoms in total. The van der Waals surface area contributed by atoms with E-state index < -0.39 is 0 Å². The van der Waals surface area contributed by atoms with Gasteiger partial charge in [-0.3, -0.25) is 0 Å². The molecule has 1 saturated carbocycles. The van der Waals surface area contributed by atoms with Crippen LogP contribution in [0.4, 0.5) is 0 Å². The second kappa shape index (κ2) is 4.27. The third kappa shape index (κ3) is 2.03. The van der Waals surface area contributed by atoms with Crippen molar-refractivity contribution in [1.29, 1.82) is 0 Å². The van der Waals surface area contributed by atoms with Crippen LogP contribution in [0.25, 0.3) is 11.0 Å². The van der Waals surface area contributed by atoms with Crippen LogP contribution in [0, 0.1) is 0 Å². The van der Waals surface area contributed by atoms with Crippen LogP contribution in [-0.2, 0) is 0 Å². The normalized spacial score (nSPS) is 25.3. The molecule has 0 amide bonds. The van der Waals surface area contributed by atoms with Crippen molar-refractivity contribution in [2.24, 2.45) is 0 Å². The quantitative estimate of drug-likeness (QED) is 0.793. The summed E-state index contributed by atoms with van der Waals surface area (Å²) in [5.41, 5.74) is 0.895. The van der Waals surface area contributed by atoms with Crippen LogP contribution in [0.15, 0.2) is 18.5 Å². The molecule has 0 bridgehead atoms. The molecule has 1 aliphatic carbocycles. The van der Waals surface area contributed by atoms with Crippen LogP contribution in [-0.4, -0.2) is 25.7 Å². The Balaban J connectivity index is 1.97. The number of nitrogens with zero attached hydrogens (tertiary/aromatic N) is 3. The van der Waals surface area contributed by atoms with E-state index in [1.165, 1.54) is 0 Å². The number of fused-ring (bicyclic) bond motifs is 1. The van der Waals surface area contributed by atoms with Gasteiger partial charge >= 0.3 is 0 Å². The van der Waals surface area contributed by atoms with Gasteiger partial charge in [0.2, 0.25) is 5.28 Å². The minimum atomic E-state index is -0.133. The number of aromatic nitrogens is 3. The first-order chi connectivity index (χ1) is 8.24. The summed E-state index contributed by atoms with van der Waals surface area (Å²) in [4.78, 5) is 8.26. The van der Waals surface area contributed by atoms with E-state index in [1.807, 2.05) is 12.3 Å². The number of rotatable bonds is 1. The second-order valence-corrected chi connectivity index (χ2v) is 4.94. The van der Waals surface area contributed by atoms with Gasteiger partial charge in [-0.2, -0.15) is 4.98 Å². The van der Waals surface area contributed by atoms with Crippen molar-refractivity contribution in [3.8, 4) is 0 Å². The van der Waals surface area contributed by atoms with Crippen molar-refractivity contribution >= 4 is 22.6 Å². The van der Waals surface area contributed by atoms with Crippen molar-refractivity contribution < 1.29 is 5.11 Å². The van der Waals surface area contributed by atoms with E-state index in [1.54, 1.807) is 6.20 Å². The zero-order valence-corrected chi connectivity index (χ0v) is 10.1. The van der Waals surface area contributed by atoms with E-state index in [4.69, 9.17) is 11.6 Å². The monoisotopic (exact) mass is 251 g/mol. The average Bonchev–Trinajstić information content (AvgIpc) is 2.73. The highest BCUT2D eigenvalue weighted by molar-refractivity contribution is 6.28. The van der Waals surface area contributed by atoms with Crippen molar-refractivity contribution in [1.82, 2.24) is 14.5 Å². The van der Waals surface area contributed by atoms with Gasteiger partial charge in [-0.15, -0.1) is 0 Å². The molecule has 0 aromatic carbocycles. The summed E-state index contributed by atoms with van der Waals surface area (Å²) >= 11 is 5.83. The van der Waals surface area contributed by atoms with Crippen molar-refractivity contribution in [2.45, 2.75) is 37.8 Å². The molecule has 2 aromatic rings. The molecule has 1 N–H and O–H groups in total. The molecule has 0 unspecified atom stereocenters. The maximum Gasteiger partial charge on any atom is 0.224 e. The molecule has 0 saturated heterocycles. The lowest BCUT2D eigenvalue weighted by molar-refractivity contribution is 0.111. The highest BCUT2D eigenvalue weighted by Crippen LogP contribution is 2.31.